The highest BCUT2D eigenvalue weighted by atomic mass is 15.1. The highest BCUT2D eigenvalue weighted by Crippen LogP contribution is 2.17. The average Bonchev–Trinajstić information content (AvgIpc) is 2.14. The van der Waals surface area contributed by atoms with Crippen molar-refractivity contribution in [2.24, 2.45) is 5.92 Å². The Hall–Kier alpha value is -0.790. The summed E-state index contributed by atoms with van der Waals surface area (Å²) >= 11 is 0. The van der Waals surface area contributed by atoms with Crippen molar-refractivity contribution in [3.8, 4) is 0 Å². The van der Waals surface area contributed by atoms with Crippen molar-refractivity contribution in [3.63, 3.8) is 0 Å². The normalized spacial score (nSPS) is 14.6. The van der Waals surface area contributed by atoms with Crippen LogP contribution in [0.2, 0.25) is 0 Å². The predicted molar refractivity (Wildman–Crippen MR) is 63.8 cm³/mol. The molecular weight excluding hydrogens is 172 g/mol. The van der Waals surface area contributed by atoms with Crippen LogP contribution in [-0.2, 0) is 0 Å². The van der Waals surface area contributed by atoms with E-state index in [4.69, 9.17) is 5.41 Å². The molecule has 0 fully saturated rings. The standard InChI is InChI=1S/C12H24N2/c1-7-9(2)8-10(3)14(6)12(5)11(4)13/h9,12-13H,3,7-8H2,1-2,4-6H3. The van der Waals surface area contributed by atoms with E-state index in [9.17, 15) is 0 Å². The lowest BCUT2D eigenvalue weighted by Gasteiger charge is -2.29. The Morgan fingerprint density at radius 3 is 2.29 bits per heavy atom. The zero-order valence-electron chi connectivity index (χ0n) is 10.2. The van der Waals surface area contributed by atoms with Gasteiger partial charge in [-0.15, -0.1) is 0 Å². The Morgan fingerprint density at radius 1 is 1.43 bits per heavy atom. The first-order valence-electron chi connectivity index (χ1n) is 5.35. The quantitative estimate of drug-likeness (QED) is 0.648. The summed E-state index contributed by atoms with van der Waals surface area (Å²) in [5.74, 6) is 0.684. The van der Waals surface area contributed by atoms with Crippen LogP contribution in [0.3, 0.4) is 0 Å². The summed E-state index contributed by atoms with van der Waals surface area (Å²) in [4.78, 5) is 2.11. The van der Waals surface area contributed by atoms with Gasteiger partial charge in [0.05, 0.1) is 6.04 Å². The van der Waals surface area contributed by atoms with E-state index in [0.717, 1.165) is 12.1 Å². The summed E-state index contributed by atoms with van der Waals surface area (Å²) < 4.78 is 0. The highest BCUT2D eigenvalue weighted by molar-refractivity contribution is 5.83. The van der Waals surface area contributed by atoms with Gasteiger partial charge in [0, 0.05) is 18.5 Å². The summed E-state index contributed by atoms with van der Waals surface area (Å²) in [6, 6.07) is 0.173. The molecule has 2 heteroatoms. The largest absolute Gasteiger partial charge is 0.370 e. The molecule has 0 aliphatic heterocycles. The van der Waals surface area contributed by atoms with Gasteiger partial charge in [-0.1, -0.05) is 26.8 Å². The molecule has 2 nitrogen and oxygen atoms in total. The minimum Gasteiger partial charge on any atom is -0.370 e. The Labute approximate surface area is 88.5 Å². The average molecular weight is 196 g/mol. The minimum absolute atomic E-state index is 0.173. The zero-order valence-corrected chi connectivity index (χ0v) is 10.2. The summed E-state index contributed by atoms with van der Waals surface area (Å²) in [7, 11) is 2.02. The van der Waals surface area contributed by atoms with Crippen molar-refractivity contribution in [1.82, 2.24) is 4.90 Å². The third kappa shape index (κ3) is 3.95. The monoisotopic (exact) mass is 196 g/mol. The highest BCUT2D eigenvalue weighted by Gasteiger charge is 2.13. The lowest BCUT2D eigenvalue weighted by molar-refractivity contribution is 0.353. The molecule has 0 aromatic carbocycles. The van der Waals surface area contributed by atoms with Gasteiger partial charge < -0.3 is 10.3 Å². The van der Waals surface area contributed by atoms with E-state index < -0.39 is 0 Å². The Bertz CT molecular complexity index is 208. The molecule has 0 aliphatic rings. The molecule has 1 N–H and O–H groups in total. The zero-order chi connectivity index (χ0) is 11.3. The van der Waals surface area contributed by atoms with Crippen LogP contribution in [0.25, 0.3) is 0 Å². The summed E-state index contributed by atoms with van der Waals surface area (Å²) in [5.41, 5.74) is 1.83. The van der Waals surface area contributed by atoms with Crippen LogP contribution in [0, 0.1) is 11.3 Å². The van der Waals surface area contributed by atoms with Gasteiger partial charge in [0.2, 0.25) is 0 Å². The SMILES string of the molecule is C=C(CC(C)CC)N(C)C(C)C(C)=N. The molecule has 0 saturated heterocycles. The molecule has 0 aromatic heterocycles. The van der Waals surface area contributed by atoms with Crippen LogP contribution >= 0.6 is 0 Å². The second kappa shape index (κ2) is 5.84. The third-order valence-electron chi connectivity index (χ3n) is 2.99. The third-order valence-corrected chi connectivity index (χ3v) is 2.99. The first kappa shape index (κ1) is 13.2. The molecule has 0 aromatic rings. The van der Waals surface area contributed by atoms with Crippen LogP contribution in [0.15, 0.2) is 12.3 Å². The van der Waals surface area contributed by atoms with E-state index in [1.165, 1.54) is 6.42 Å². The summed E-state index contributed by atoms with van der Waals surface area (Å²) in [6.45, 7) is 12.4. The van der Waals surface area contributed by atoms with Gasteiger partial charge >= 0.3 is 0 Å². The molecule has 2 unspecified atom stereocenters. The topological polar surface area (TPSA) is 27.1 Å². The molecular formula is C12H24N2. The first-order chi connectivity index (χ1) is 6.40. The van der Waals surface area contributed by atoms with Gasteiger partial charge in [-0.3, -0.25) is 0 Å². The fraction of sp³-hybridized carbons (Fsp3) is 0.750. The number of hydrogen-bond donors (Lipinski definition) is 1. The lowest BCUT2D eigenvalue weighted by Crippen LogP contribution is -2.33. The van der Waals surface area contributed by atoms with E-state index in [0.29, 0.717) is 11.6 Å². The van der Waals surface area contributed by atoms with Crippen molar-refractivity contribution < 1.29 is 0 Å². The summed E-state index contributed by atoms with van der Waals surface area (Å²) in [5, 5.41) is 7.57. The van der Waals surface area contributed by atoms with Gasteiger partial charge in [-0.2, -0.15) is 0 Å². The molecule has 0 amide bonds. The van der Waals surface area contributed by atoms with E-state index in [1.54, 1.807) is 0 Å². The number of nitrogens with one attached hydrogen (secondary N) is 1. The Morgan fingerprint density at radius 2 is 1.93 bits per heavy atom. The maximum absolute atomic E-state index is 7.57. The van der Waals surface area contributed by atoms with Gasteiger partial charge in [0.25, 0.3) is 0 Å². The second-order valence-corrected chi connectivity index (χ2v) is 4.25. The maximum atomic E-state index is 7.57. The fourth-order valence-corrected chi connectivity index (χ4v) is 1.25. The van der Waals surface area contributed by atoms with Crippen molar-refractivity contribution in [1.29, 1.82) is 5.41 Å². The smallest absolute Gasteiger partial charge is 0.0630 e. The molecule has 0 aliphatic carbocycles. The van der Waals surface area contributed by atoms with E-state index in [1.807, 2.05) is 20.9 Å². The maximum Gasteiger partial charge on any atom is 0.0630 e. The van der Waals surface area contributed by atoms with Crippen LogP contribution in [0.4, 0.5) is 0 Å². The van der Waals surface area contributed by atoms with Crippen molar-refractivity contribution in [2.45, 2.75) is 46.6 Å². The Kier molecular flexibility index (Phi) is 5.51. The number of rotatable bonds is 6. The van der Waals surface area contributed by atoms with Crippen molar-refractivity contribution in [3.05, 3.63) is 12.3 Å². The van der Waals surface area contributed by atoms with Crippen molar-refractivity contribution in [2.75, 3.05) is 7.05 Å². The number of nitrogens with zero attached hydrogens (tertiary/aromatic N) is 1. The molecule has 0 rings (SSSR count). The molecule has 0 spiro atoms. The molecule has 82 valence electrons. The van der Waals surface area contributed by atoms with E-state index in [2.05, 4.69) is 25.3 Å². The molecule has 14 heavy (non-hydrogen) atoms. The fourth-order valence-electron chi connectivity index (χ4n) is 1.25. The van der Waals surface area contributed by atoms with E-state index in [-0.39, 0.29) is 6.04 Å². The van der Waals surface area contributed by atoms with Crippen molar-refractivity contribution >= 4 is 5.71 Å². The molecule has 0 heterocycles. The van der Waals surface area contributed by atoms with E-state index >= 15 is 0 Å². The molecule has 2 atom stereocenters. The molecule has 0 radical (unpaired) electrons. The van der Waals surface area contributed by atoms with Gasteiger partial charge in [-0.25, -0.2) is 0 Å². The minimum atomic E-state index is 0.173. The van der Waals surface area contributed by atoms with Crippen LogP contribution in [-0.4, -0.2) is 23.7 Å². The second-order valence-electron chi connectivity index (χ2n) is 4.25. The van der Waals surface area contributed by atoms with Crippen LogP contribution in [0.5, 0.6) is 0 Å². The molecule has 0 bridgehead atoms. The Balaban J connectivity index is 4.18. The van der Waals surface area contributed by atoms with Gasteiger partial charge in [0.1, 0.15) is 0 Å². The lowest BCUT2D eigenvalue weighted by atomic mass is 10.0. The van der Waals surface area contributed by atoms with Crippen LogP contribution in [0.1, 0.15) is 40.5 Å². The molecule has 0 saturated carbocycles. The number of hydrogen-bond acceptors (Lipinski definition) is 2. The van der Waals surface area contributed by atoms with Gasteiger partial charge in [0.15, 0.2) is 0 Å². The number of allylic oxidation sites excluding steroid dienone is 1. The van der Waals surface area contributed by atoms with Gasteiger partial charge in [-0.05, 0) is 26.2 Å². The predicted octanol–water partition coefficient (Wildman–Crippen LogP) is 3.30. The first-order valence-corrected chi connectivity index (χ1v) is 5.35. The van der Waals surface area contributed by atoms with Crippen LogP contribution < -0.4 is 0 Å². The summed E-state index contributed by atoms with van der Waals surface area (Å²) in [6.07, 6.45) is 2.22.